The van der Waals surface area contributed by atoms with E-state index < -0.39 is 0 Å². The molecular weight excluding hydrogens is 364 g/mol. The van der Waals surface area contributed by atoms with Gasteiger partial charge in [0.1, 0.15) is 0 Å². The molecule has 0 saturated carbocycles. The summed E-state index contributed by atoms with van der Waals surface area (Å²) in [6.45, 7) is 5.01. The largest absolute Gasteiger partial charge is 0.361 e. The summed E-state index contributed by atoms with van der Waals surface area (Å²) in [6.07, 6.45) is 0. The molecule has 146 valence electrons. The Balaban J connectivity index is 2.24. The maximum Gasteiger partial charge on any atom is 0.166 e. The fraction of sp³-hybridized carbons (Fsp3) is 0.556. The number of benzene rings is 1. The molecule has 0 aliphatic rings. The van der Waals surface area contributed by atoms with Gasteiger partial charge in [-0.3, -0.25) is 0 Å². The van der Waals surface area contributed by atoms with Crippen molar-refractivity contribution in [3.05, 3.63) is 35.4 Å². The maximum atomic E-state index is 5.28. The van der Waals surface area contributed by atoms with E-state index in [2.05, 4.69) is 55.3 Å². The van der Waals surface area contributed by atoms with Gasteiger partial charge >= 0.3 is 0 Å². The van der Waals surface area contributed by atoms with Gasteiger partial charge in [-0.1, -0.05) is 24.3 Å². The normalized spacial score (nSPS) is 10.7. The molecule has 0 spiro atoms. The SMILES string of the molecule is CN(C)CCNC(=S)NCc1ccc(CNC(=S)NCCN(C)C)cc1. The molecule has 8 heteroatoms. The first-order chi connectivity index (χ1) is 12.4. The lowest BCUT2D eigenvalue weighted by molar-refractivity contribution is 0.412. The zero-order valence-corrected chi connectivity index (χ0v) is 17.9. The quantitative estimate of drug-likeness (QED) is 0.432. The van der Waals surface area contributed by atoms with Gasteiger partial charge in [-0.05, 0) is 63.8 Å². The van der Waals surface area contributed by atoms with E-state index in [4.69, 9.17) is 24.4 Å². The van der Waals surface area contributed by atoms with Crippen molar-refractivity contribution in [3.63, 3.8) is 0 Å². The molecule has 0 aliphatic carbocycles. The molecule has 0 amide bonds. The summed E-state index contributed by atoms with van der Waals surface area (Å²) < 4.78 is 0. The van der Waals surface area contributed by atoms with Crippen LogP contribution in [-0.4, -0.2) is 74.4 Å². The Morgan fingerprint density at radius 2 is 1.04 bits per heavy atom. The summed E-state index contributed by atoms with van der Waals surface area (Å²) in [7, 11) is 8.17. The minimum atomic E-state index is 0.687. The average molecular weight is 397 g/mol. The standard InChI is InChI=1S/C18H32N6S2/c1-23(2)11-9-19-17(25)21-13-15-5-7-16(8-6-15)14-22-18(26)20-10-12-24(3)4/h5-8H,9-14H2,1-4H3,(H2,19,21,25)(H2,20,22,26). The number of thiocarbonyl (C=S) groups is 2. The van der Waals surface area contributed by atoms with Crippen LogP contribution in [0, 0.1) is 0 Å². The summed E-state index contributed by atoms with van der Waals surface area (Å²) >= 11 is 10.6. The van der Waals surface area contributed by atoms with E-state index in [1.807, 2.05) is 28.2 Å². The van der Waals surface area contributed by atoms with Crippen LogP contribution < -0.4 is 21.3 Å². The molecule has 1 aromatic carbocycles. The number of nitrogens with zero attached hydrogens (tertiary/aromatic N) is 2. The molecular formula is C18H32N6S2. The van der Waals surface area contributed by atoms with E-state index >= 15 is 0 Å². The highest BCUT2D eigenvalue weighted by atomic mass is 32.1. The van der Waals surface area contributed by atoms with E-state index in [0.717, 1.165) is 26.2 Å². The smallest absolute Gasteiger partial charge is 0.166 e. The fourth-order valence-corrected chi connectivity index (χ4v) is 2.40. The first-order valence-electron chi connectivity index (χ1n) is 8.77. The molecule has 0 atom stereocenters. The summed E-state index contributed by atoms with van der Waals surface area (Å²) in [6, 6.07) is 8.42. The predicted octanol–water partition coefficient (Wildman–Crippen LogP) is 0.738. The third-order valence-corrected chi connectivity index (χ3v) is 4.20. The van der Waals surface area contributed by atoms with Crippen LogP contribution in [0.25, 0.3) is 0 Å². The van der Waals surface area contributed by atoms with Crippen molar-refractivity contribution in [2.75, 3.05) is 54.4 Å². The highest BCUT2D eigenvalue weighted by molar-refractivity contribution is 7.80. The first-order valence-corrected chi connectivity index (χ1v) is 9.59. The van der Waals surface area contributed by atoms with E-state index in [0.29, 0.717) is 23.3 Å². The molecule has 1 rings (SSSR count). The van der Waals surface area contributed by atoms with Crippen LogP contribution in [0.5, 0.6) is 0 Å². The Morgan fingerprint density at radius 1 is 0.692 bits per heavy atom. The second-order valence-electron chi connectivity index (χ2n) is 6.64. The molecule has 0 aliphatic heterocycles. The van der Waals surface area contributed by atoms with Crippen LogP contribution in [0.3, 0.4) is 0 Å². The van der Waals surface area contributed by atoms with Crippen molar-refractivity contribution in [1.29, 1.82) is 0 Å². The Hall–Kier alpha value is -1.48. The van der Waals surface area contributed by atoms with Crippen LogP contribution in [-0.2, 0) is 13.1 Å². The molecule has 4 N–H and O–H groups in total. The number of hydrogen-bond acceptors (Lipinski definition) is 4. The van der Waals surface area contributed by atoms with Crippen LogP contribution >= 0.6 is 24.4 Å². The van der Waals surface area contributed by atoms with Crippen LogP contribution in [0.2, 0.25) is 0 Å². The van der Waals surface area contributed by atoms with Crippen molar-refractivity contribution in [2.45, 2.75) is 13.1 Å². The summed E-state index contributed by atoms with van der Waals surface area (Å²) in [4.78, 5) is 4.23. The second-order valence-corrected chi connectivity index (χ2v) is 7.46. The van der Waals surface area contributed by atoms with Gasteiger partial charge in [0.05, 0.1) is 0 Å². The predicted molar refractivity (Wildman–Crippen MR) is 118 cm³/mol. The molecule has 0 fully saturated rings. The van der Waals surface area contributed by atoms with Crippen molar-refractivity contribution >= 4 is 34.7 Å². The lowest BCUT2D eigenvalue weighted by Crippen LogP contribution is -2.38. The van der Waals surface area contributed by atoms with Gasteiger partial charge in [-0.2, -0.15) is 0 Å². The van der Waals surface area contributed by atoms with Crippen molar-refractivity contribution in [2.24, 2.45) is 0 Å². The van der Waals surface area contributed by atoms with Crippen LogP contribution in [0.4, 0.5) is 0 Å². The topological polar surface area (TPSA) is 54.6 Å². The van der Waals surface area contributed by atoms with Crippen LogP contribution in [0.15, 0.2) is 24.3 Å². The molecule has 0 saturated heterocycles. The number of likely N-dealkylation sites (N-methyl/N-ethyl adjacent to an activating group) is 2. The number of rotatable bonds is 10. The molecule has 0 bridgehead atoms. The Bertz CT molecular complexity index is 496. The first kappa shape index (κ1) is 22.6. The average Bonchev–Trinajstić information content (AvgIpc) is 2.58. The second kappa shape index (κ2) is 12.8. The van der Waals surface area contributed by atoms with Gasteiger partial charge in [0.25, 0.3) is 0 Å². The zero-order chi connectivity index (χ0) is 19.4. The molecule has 0 unspecified atom stereocenters. The van der Waals surface area contributed by atoms with E-state index in [9.17, 15) is 0 Å². The Labute approximate surface area is 168 Å². The van der Waals surface area contributed by atoms with Gasteiger partial charge in [0, 0.05) is 39.3 Å². The monoisotopic (exact) mass is 396 g/mol. The zero-order valence-electron chi connectivity index (χ0n) is 16.3. The van der Waals surface area contributed by atoms with Gasteiger partial charge in [0.2, 0.25) is 0 Å². The van der Waals surface area contributed by atoms with Crippen molar-refractivity contribution in [1.82, 2.24) is 31.1 Å². The number of hydrogen-bond donors (Lipinski definition) is 4. The molecule has 1 aromatic rings. The molecule has 0 aromatic heterocycles. The van der Waals surface area contributed by atoms with Gasteiger partial charge in [-0.25, -0.2) is 0 Å². The minimum absolute atomic E-state index is 0.687. The molecule has 6 nitrogen and oxygen atoms in total. The lowest BCUT2D eigenvalue weighted by atomic mass is 10.1. The highest BCUT2D eigenvalue weighted by Crippen LogP contribution is 2.04. The molecule has 26 heavy (non-hydrogen) atoms. The van der Waals surface area contributed by atoms with Crippen molar-refractivity contribution < 1.29 is 0 Å². The van der Waals surface area contributed by atoms with Gasteiger partial charge in [0.15, 0.2) is 10.2 Å². The molecule has 0 heterocycles. The number of nitrogens with one attached hydrogen (secondary N) is 4. The maximum absolute atomic E-state index is 5.28. The summed E-state index contributed by atoms with van der Waals surface area (Å²) in [5.41, 5.74) is 2.38. The summed E-state index contributed by atoms with van der Waals surface area (Å²) in [5.74, 6) is 0. The lowest BCUT2D eigenvalue weighted by Gasteiger charge is -2.14. The summed E-state index contributed by atoms with van der Waals surface area (Å²) in [5, 5.41) is 14.2. The highest BCUT2D eigenvalue weighted by Gasteiger charge is 2.00. The van der Waals surface area contributed by atoms with Crippen LogP contribution in [0.1, 0.15) is 11.1 Å². The van der Waals surface area contributed by atoms with E-state index in [1.165, 1.54) is 11.1 Å². The van der Waals surface area contributed by atoms with Gasteiger partial charge in [-0.15, -0.1) is 0 Å². The fourth-order valence-electron chi connectivity index (χ4n) is 2.05. The van der Waals surface area contributed by atoms with Crippen molar-refractivity contribution in [3.8, 4) is 0 Å². The van der Waals surface area contributed by atoms with Gasteiger partial charge < -0.3 is 31.1 Å². The molecule has 0 radical (unpaired) electrons. The third-order valence-electron chi connectivity index (χ3n) is 3.62. The Morgan fingerprint density at radius 3 is 1.35 bits per heavy atom. The Kier molecular flexibility index (Phi) is 11.1. The minimum Gasteiger partial charge on any atom is -0.361 e. The van der Waals surface area contributed by atoms with E-state index in [-0.39, 0.29) is 0 Å². The van der Waals surface area contributed by atoms with E-state index in [1.54, 1.807) is 0 Å². The third kappa shape index (κ3) is 11.2.